The van der Waals surface area contributed by atoms with Crippen molar-refractivity contribution in [1.82, 2.24) is 5.32 Å². The van der Waals surface area contributed by atoms with Gasteiger partial charge in [0.05, 0.1) is 22.1 Å². The number of carbonyl (C=O) groups excluding carboxylic acids is 1. The predicted molar refractivity (Wildman–Crippen MR) is 105 cm³/mol. The number of sulfone groups is 1. The van der Waals surface area contributed by atoms with Crippen molar-refractivity contribution < 1.29 is 13.2 Å². The zero-order chi connectivity index (χ0) is 18.9. The van der Waals surface area contributed by atoms with Crippen molar-refractivity contribution in [3.8, 4) is 0 Å². The molecule has 0 spiro atoms. The highest BCUT2D eigenvalue weighted by molar-refractivity contribution is 7.91. The fourth-order valence-electron chi connectivity index (χ4n) is 3.11. The van der Waals surface area contributed by atoms with Crippen molar-refractivity contribution in [2.24, 2.45) is 5.92 Å². The lowest BCUT2D eigenvalue weighted by Crippen LogP contribution is -2.17. The molecule has 2 heterocycles. The van der Waals surface area contributed by atoms with Gasteiger partial charge in [0.15, 0.2) is 9.84 Å². The number of amides is 1. The zero-order valence-electron chi connectivity index (χ0n) is 15.2. The number of benzene rings is 1. The van der Waals surface area contributed by atoms with Crippen LogP contribution in [0.5, 0.6) is 0 Å². The topological polar surface area (TPSA) is 75.3 Å². The van der Waals surface area contributed by atoms with Crippen molar-refractivity contribution in [1.29, 1.82) is 0 Å². The molecule has 0 aliphatic carbocycles. The molecule has 1 atom stereocenters. The molecule has 26 heavy (non-hydrogen) atoms. The Labute approximate surface area is 158 Å². The summed E-state index contributed by atoms with van der Waals surface area (Å²) in [5.41, 5.74) is 2.06. The first-order valence-corrected chi connectivity index (χ1v) is 11.2. The fraction of sp³-hybridized carbons (Fsp3) is 0.421. The summed E-state index contributed by atoms with van der Waals surface area (Å²) < 4.78 is 23.7. The standard InChI is InChI=1S/C19H24N2O3S2/c1-4-26(23,24)15-7-5-13(6-8-15)9-16(22)21-17-10-14-11-20-18(12(2)3)19(14)25-17/h5-8,10,12,18,20H,4,9,11H2,1-3H3,(H,21,22). The Balaban J connectivity index is 1.64. The summed E-state index contributed by atoms with van der Waals surface area (Å²) in [7, 11) is -3.21. The van der Waals surface area contributed by atoms with E-state index >= 15 is 0 Å². The molecule has 0 saturated heterocycles. The van der Waals surface area contributed by atoms with Gasteiger partial charge in [-0.1, -0.05) is 32.9 Å². The summed E-state index contributed by atoms with van der Waals surface area (Å²) in [6, 6.07) is 8.95. The molecule has 1 aromatic carbocycles. The van der Waals surface area contributed by atoms with Gasteiger partial charge in [-0.25, -0.2) is 8.42 Å². The molecule has 5 nitrogen and oxygen atoms in total. The van der Waals surface area contributed by atoms with Crippen LogP contribution in [0.25, 0.3) is 0 Å². The molecule has 1 unspecified atom stereocenters. The Morgan fingerprint density at radius 2 is 2.00 bits per heavy atom. The monoisotopic (exact) mass is 392 g/mol. The maximum absolute atomic E-state index is 12.3. The van der Waals surface area contributed by atoms with Crippen molar-refractivity contribution in [3.63, 3.8) is 0 Å². The van der Waals surface area contributed by atoms with Gasteiger partial charge in [0.1, 0.15) is 0 Å². The van der Waals surface area contributed by atoms with Crippen LogP contribution in [-0.2, 0) is 27.6 Å². The molecular weight excluding hydrogens is 368 g/mol. The van der Waals surface area contributed by atoms with E-state index < -0.39 is 9.84 Å². The molecule has 0 fully saturated rings. The SMILES string of the molecule is CCS(=O)(=O)c1ccc(CC(=O)Nc2cc3c(s2)C(C(C)C)NC3)cc1. The van der Waals surface area contributed by atoms with Gasteiger partial charge < -0.3 is 10.6 Å². The van der Waals surface area contributed by atoms with E-state index in [1.165, 1.54) is 10.4 Å². The number of hydrogen-bond donors (Lipinski definition) is 2. The summed E-state index contributed by atoms with van der Waals surface area (Å²) in [5, 5.41) is 7.33. The second-order valence-corrected chi connectivity index (χ2v) is 10.2. The van der Waals surface area contributed by atoms with Crippen LogP contribution in [0.15, 0.2) is 35.2 Å². The normalized spacial score (nSPS) is 16.7. The molecule has 0 radical (unpaired) electrons. The summed E-state index contributed by atoms with van der Waals surface area (Å²) in [6.45, 7) is 6.84. The second-order valence-electron chi connectivity index (χ2n) is 6.88. The second kappa shape index (κ2) is 7.50. The minimum Gasteiger partial charge on any atom is -0.317 e. The number of anilines is 1. The van der Waals surface area contributed by atoms with Crippen molar-refractivity contribution in [3.05, 3.63) is 46.3 Å². The molecule has 140 valence electrons. The molecule has 0 bridgehead atoms. The van der Waals surface area contributed by atoms with Crippen LogP contribution < -0.4 is 10.6 Å². The molecule has 3 rings (SSSR count). The van der Waals surface area contributed by atoms with E-state index in [2.05, 4.69) is 24.5 Å². The molecule has 0 saturated carbocycles. The Morgan fingerprint density at radius 3 is 2.62 bits per heavy atom. The van der Waals surface area contributed by atoms with Crippen LogP contribution in [0.4, 0.5) is 5.00 Å². The van der Waals surface area contributed by atoms with E-state index in [0.29, 0.717) is 16.9 Å². The molecule has 1 amide bonds. The third-order valence-electron chi connectivity index (χ3n) is 4.59. The number of thiophene rings is 1. The Hall–Kier alpha value is -1.70. The molecule has 1 aliphatic heterocycles. The third-order valence-corrected chi connectivity index (χ3v) is 7.52. The molecule has 1 aliphatic rings. The van der Waals surface area contributed by atoms with Crippen LogP contribution in [0.2, 0.25) is 0 Å². The van der Waals surface area contributed by atoms with Crippen LogP contribution in [0.3, 0.4) is 0 Å². The van der Waals surface area contributed by atoms with Crippen molar-refractivity contribution >= 4 is 32.1 Å². The van der Waals surface area contributed by atoms with Crippen LogP contribution in [0.1, 0.15) is 42.8 Å². The quantitative estimate of drug-likeness (QED) is 0.789. The molecular formula is C19H24N2O3S2. The van der Waals surface area contributed by atoms with Gasteiger partial charge in [0, 0.05) is 17.5 Å². The molecule has 7 heteroatoms. The number of fused-ring (bicyclic) bond motifs is 1. The smallest absolute Gasteiger partial charge is 0.229 e. The lowest BCUT2D eigenvalue weighted by atomic mass is 10.0. The van der Waals surface area contributed by atoms with Gasteiger partial charge >= 0.3 is 0 Å². The first-order chi connectivity index (χ1) is 12.3. The van der Waals surface area contributed by atoms with E-state index in [9.17, 15) is 13.2 Å². The molecule has 2 aromatic rings. The first-order valence-electron chi connectivity index (χ1n) is 8.77. The van der Waals surface area contributed by atoms with Gasteiger partial charge in [-0.05, 0) is 35.2 Å². The minimum absolute atomic E-state index is 0.0715. The van der Waals surface area contributed by atoms with Crippen LogP contribution >= 0.6 is 11.3 Å². The summed E-state index contributed by atoms with van der Waals surface area (Å²) >= 11 is 1.63. The Morgan fingerprint density at radius 1 is 1.31 bits per heavy atom. The number of nitrogens with one attached hydrogen (secondary N) is 2. The maximum Gasteiger partial charge on any atom is 0.229 e. The van der Waals surface area contributed by atoms with Gasteiger partial charge in [0.25, 0.3) is 0 Å². The number of carbonyl (C=O) groups is 1. The van der Waals surface area contributed by atoms with E-state index in [0.717, 1.165) is 17.1 Å². The fourth-order valence-corrected chi connectivity index (χ4v) is 5.34. The summed E-state index contributed by atoms with van der Waals surface area (Å²) in [6.07, 6.45) is 0.223. The van der Waals surface area contributed by atoms with Gasteiger partial charge in [-0.15, -0.1) is 11.3 Å². The van der Waals surface area contributed by atoms with Crippen molar-refractivity contribution in [2.45, 2.75) is 44.7 Å². The van der Waals surface area contributed by atoms with E-state index in [4.69, 9.17) is 0 Å². The Kier molecular flexibility index (Phi) is 5.50. The Bertz CT molecular complexity index is 899. The van der Waals surface area contributed by atoms with E-state index in [1.54, 1.807) is 42.5 Å². The number of rotatable bonds is 6. The summed E-state index contributed by atoms with van der Waals surface area (Å²) in [4.78, 5) is 13.9. The zero-order valence-corrected chi connectivity index (χ0v) is 16.8. The highest BCUT2D eigenvalue weighted by Gasteiger charge is 2.27. The van der Waals surface area contributed by atoms with E-state index in [1.807, 2.05) is 6.07 Å². The van der Waals surface area contributed by atoms with Gasteiger partial charge in [0.2, 0.25) is 5.91 Å². The largest absolute Gasteiger partial charge is 0.317 e. The third kappa shape index (κ3) is 4.00. The number of hydrogen-bond acceptors (Lipinski definition) is 5. The lowest BCUT2D eigenvalue weighted by molar-refractivity contribution is -0.115. The van der Waals surface area contributed by atoms with E-state index in [-0.39, 0.29) is 18.1 Å². The highest BCUT2D eigenvalue weighted by Crippen LogP contribution is 2.39. The predicted octanol–water partition coefficient (Wildman–Crippen LogP) is 3.52. The summed E-state index contributed by atoms with van der Waals surface area (Å²) in [5.74, 6) is 0.490. The highest BCUT2D eigenvalue weighted by atomic mass is 32.2. The van der Waals surface area contributed by atoms with Gasteiger partial charge in [-0.3, -0.25) is 4.79 Å². The van der Waals surface area contributed by atoms with Crippen LogP contribution in [-0.4, -0.2) is 20.1 Å². The minimum atomic E-state index is -3.21. The average molecular weight is 393 g/mol. The molecule has 2 N–H and O–H groups in total. The van der Waals surface area contributed by atoms with Gasteiger partial charge in [-0.2, -0.15) is 0 Å². The van der Waals surface area contributed by atoms with Crippen LogP contribution in [0, 0.1) is 5.92 Å². The maximum atomic E-state index is 12.3. The average Bonchev–Trinajstić information content (AvgIpc) is 3.14. The lowest BCUT2D eigenvalue weighted by Gasteiger charge is -2.14. The first kappa shape index (κ1) is 19.1. The van der Waals surface area contributed by atoms with Crippen molar-refractivity contribution in [2.75, 3.05) is 11.1 Å². The molecule has 1 aromatic heterocycles.